The molecule has 0 aliphatic rings. The van der Waals surface area contributed by atoms with E-state index in [9.17, 15) is 13.6 Å². The van der Waals surface area contributed by atoms with E-state index >= 15 is 0 Å². The molecular formula is C11H13F2NO3. The van der Waals surface area contributed by atoms with Gasteiger partial charge in [-0.15, -0.1) is 0 Å². The van der Waals surface area contributed by atoms with Crippen molar-refractivity contribution in [2.24, 2.45) is 0 Å². The van der Waals surface area contributed by atoms with Crippen molar-refractivity contribution in [3.63, 3.8) is 0 Å². The highest BCUT2D eigenvalue weighted by molar-refractivity contribution is 5.90. The van der Waals surface area contributed by atoms with Crippen molar-refractivity contribution >= 4 is 11.7 Å². The average Bonchev–Trinajstić information content (AvgIpc) is 2.34. The van der Waals surface area contributed by atoms with Crippen LogP contribution in [0.4, 0.5) is 14.5 Å². The van der Waals surface area contributed by atoms with E-state index < -0.39 is 29.2 Å². The minimum absolute atomic E-state index is 0.114. The molecule has 0 saturated heterocycles. The van der Waals surface area contributed by atoms with E-state index in [1.807, 2.05) is 0 Å². The van der Waals surface area contributed by atoms with Gasteiger partial charge < -0.3 is 15.2 Å². The summed E-state index contributed by atoms with van der Waals surface area (Å²) in [4.78, 5) is 11.1. The number of methoxy groups -OCH3 is 1. The van der Waals surface area contributed by atoms with Gasteiger partial charge in [-0.3, -0.25) is 0 Å². The van der Waals surface area contributed by atoms with Crippen molar-refractivity contribution in [3.05, 3.63) is 29.3 Å². The summed E-state index contributed by atoms with van der Waals surface area (Å²) in [6.07, 6.45) is 0. The van der Waals surface area contributed by atoms with Crippen LogP contribution in [0, 0.1) is 11.6 Å². The summed E-state index contributed by atoms with van der Waals surface area (Å²) in [5.74, 6) is -3.39. The standard InChI is InChI=1S/C11H13F2NO3/c1-6(5-15)14-8-4-3-7(11(16)17-2)9(12)10(8)13/h3-4,6,14-15H,5H2,1-2H3. The molecule has 1 unspecified atom stereocenters. The number of rotatable bonds is 4. The van der Waals surface area contributed by atoms with Crippen LogP contribution < -0.4 is 5.32 Å². The lowest BCUT2D eigenvalue weighted by atomic mass is 10.1. The van der Waals surface area contributed by atoms with Crippen molar-refractivity contribution in [2.75, 3.05) is 19.0 Å². The highest BCUT2D eigenvalue weighted by atomic mass is 19.2. The smallest absolute Gasteiger partial charge is 0.340 e. The molecule has 2 N–H and O–H groups in total. The molecule has 0 bridgehead atoms. The fourth-order valence-electron chi connectivity index (χ4n) is 1.24. The summed E-state index contributed by atoms with van der Waals surface area (Å²) in [7, 11) is 1.08. The predicted molar refractivity (Wildman–Crippen MR) is 57.9 cm³/mol. The third-order valence-electron chi connectivity index (χ3n) is 2.16. The lowest BCUT2D eigenvalue weighted by molar-refractivity contribution is 0.0594. The summed E-state index contributed by atoms with van der Waals surface area (Å²) in [6, 6.07) is 1.92. The van der Waals surface area contributed by atoms with Gasteiger partial charge in [-0.25, -0.2) is 13.6 Å². The number of aliphatic hydroxyl groups excluding tert-OH is 1. The molecule has 1 atom stereocenters. The zero-order chi connectivity index (χ0) is 13.0. The summed E-state index contributed by atoms with van der Waals surface area (Å²) in [6.45, 7) is 1.38. The molecule has 0 heterocycles. The minimum Gasteiger partial charge on any atom is -0.465 e. The normalized spacial score (nSPS) is 12.1. The molecule has 0 fully saturated rings. The quantitative estimate of drug-likeness (QED) is 0.790. The number of anilines is 1. The number of benzene rings is 1. The Morgan fingerprint density at radius 1 is 1.47 bits per heavy atom. The summed E-state index contributed by atoms with van der Waals surface area (Å²) < 4.78 is 31.3. The van der Waals surface area contributed by atoms with Gasteiger partial charge in [0.15, 0.2) is 11.6 Å². The van der Waals surface area contributed by atoms with Gasteiger partial charge in [0.25, 0.3) is 0 Å². The number of ether oxygens (including phenoxy) is 1. The monoisotopic (exact) mass is 245 g/mol. The fraction of sp³-hybridized carbons (Fsp3) is 0.364. The van der Waals surface area contributed by atoms with Gasteiger partial charge in [0, 0.05) is 6.04 Å². The van der Waals surface area contributed by atoms with E-state index in [1.54, 1.807) is 6.92 Å². The van der Waals surface area contributed by atoms with Crippen molar-refractivity contribution in [2.45, 2.75) is 13.0 Å². The predicted octanol–water partition coefficient (Wildman–Crippen LogP) is 1.54. The van der Waals surface area contributed by atoms with Crippen molar-refractivity contribution in [1.29, 1.82) is 0 Å². The molecule has 1 aromatic carbocycles. The van der Waals surface area contributed by atoms with Crippen LogP contribution in [0.25, 0.3) is 0 Å². The van der Waals surface area contributed by atoms with Crippen LogP contribution in [-0.4, -0.2) is 30.8 Å². The van der Waals surface area contributed by atoms with Gasteiger partial charge in [-0.1, -0.05) is 0 Å². The van der Waals surface area contributed by atoms with Crippen LogP contribution in [0.2, 0.25) is 0 Å². The Hall–Kier alpha value is -1.69. The van der Waals surface area contributed by atoms with Crippen molar-refractivity contribution < 1.29 is 23.4 Å². The molecular weight excluding hydrogens is 232 g/mol. The van der Waals surface area contributed by atoms with E-state index in [4.69, 9.17) is 5.11 Å². The maximum atomic E-state index is 13.5. The van der Waals surface area contributed by atoms with Gasteiger partial charge in [0.1, 0.15) is 0 Å². The van der Waals surface area contributed by atoms with E-state index in [-0.39, 0.29) is 12.3 Å². The van der Waals surface area contributed by atoms with Gasteiger partial charge >= 0.3 is 5.97 Å². The fourth-order valence-corrected chi connectivity index (χ4v) is 1.24. The molecule has 0 spiro atoms. The molecule has 0 aliphatic carbocycles. The summed E-state index contributed by atoms with van der Waals surface area (Å²) >= 11 is 0. The van der Waals surface area contributed by atoms with Crippen LogP contribution in [0.15, 0.2) is 12.1 Å². The molecule has 4 nitrogen and oxygen atoms in total. The molecule has 1 rings (SSSR count). The second-order valence-corrected chi connectivity index (χ2v) is 3.51. The first-order valence-corrected chi connectivity index (χ1v) is 4.95. The Morgan fingerprint density at radius 3 is 2.65 bits per heavy atom. The zero-order valence-corrected chi connectivity index (χ0v) is 9.46. The second-order valence-electron chi connectivity index (χ2n) is 3.51. The number of halogens is 2. The van der Waals surface area contributed by atoms with E-state index in [0.29, 0.717) is 0 Å². The Kier molecular flexibility index (Phi) is 4.39. The molecule has 0 radical (unpaired) electrons. The number of aliphatic hydroxyl groups is 1. The highest BCUT2D eigenvalue weighted by Crippen LogP contribution is 2.21. The van der Waals surface area contributed by atoms with Crippen molar-refractivity contribution in [1.82, 2.24) is 0 Å². The van der Waals surface area contributed by atoms with E-state index in [2.05, 4.69) is 10.1 Å². The van der Waals surface area contributed by atoms with E-state index in [0.717, 1.165) is 13.2 Å². The highest BCUT2D eigenvalue weighted by Gasteiger charge is 2.19. The topological polar surface area (TPSA) is 58.6 Å². The third-order valence-corrected chi connectivity index (χ3v) is 2.16. The SMILES string of the molecule is COC(=O)c1ccc(NC(C)CO)c(F)c1F. The van der Waals surface area contributed by atoms with Crippen LogP contribution in [0.3, 0.4) is 0 Å². The summed E-state index contributed by atoms with van der Waals surface area (Å²) in [5.41, 5.74) is -0.580. The molecule has 94 valence electrons. The third kappa shape index (κ3) is 2.91. The summed E-state index contributed by atoms with van der Waals surface area (Å²) in [5, 5.41) is 11.4. The van der Waals surface area contributed by atoms with E-state index in [1.165, 1.54) is 6.07 Å². The number of esters is 1. The van der Waals surface area contributed by atoms with Crippen LogP contribution in [-0.2, 0) is 4.74 Å². The maximum Gasteiger partial charge on any atom is 0.340 e. The number of hydrogen-bond donors (Lipinski definition) is 2. The van der Waals surface area contributed by atoms with Crippen molar-refractivity contribution in [3.8, 4) is 0 Å². The number of hydrogen-bond acceptors (Lipinski definition) is 4. The molecule has 1 aromatic rings. The van der Waals surface area contributed by atoms with Gasteiger partial charge in [0.05, 0.1) is 25.0 Å². The lowest BCUT2D eigenvalue weighted by Gasteiger charge is -2.14. The second kappa shape index (κ2) is 5.58. The lowest BCUT2D eigenvalue weighted by Crippen LogP contribution is -2.20. The first-order chi connectivity index (χ1) is 8.01. The largest absolute Gasteiger partial charge is 0.465 e. The zero-order valence-electron chi connectivity index (χ0n) is 9.46. The molecule has 0 aromatic heterocycles. The molecule has 6 heteroatoms. The van der Waals surface area contributed by atoms with Gasteiger partial charge in [0.2, 0.25) is 0 Å². The first-order valence-electron chi connectivity index (χ1n) is 4.95. The Morgan fingerprint density at radius 2 is 2.12 bits per heavy atom. The van der Waals surface area contributed by atoms with Crippen LogP contribution >= 0.6 is 0 Å². The van der Waals surface area contributed by atoms with Gasteiger partial charge in [-0.05, 0) is 19.1 Å². The Labute approximate surface area is 97.2 Å². The average molecular weight is 245 g/mol. The molecule has 0 aliphatic heterocycles. The van der Waals surface area contributed by atoms with Crippen LogP contribution in [0.5, 0.6) is 0 Å². The number of carbonyl (C=O) groups excluding carboxylic acids is 1. The Bertz CT molecular complexity index is 423. The number of nitrogens with one attached hydrogen (secondary N) is 1. The molecule has 0 saturated carbocycles. The number of carbonyl (C=O) groups is 1. The Balaban J connectivity index is 3.06. The first kappa shape index (κ1) is 13.4. The maximum absolute atomic E-state index is 13.5. The van der Waals surface area contributed by atoms with Crippen LogP contribution in [0.1, 0.15) is 17.3 Å². The minimum atomic E-state index is -1.27. The molecule has 0 amide bonds. The molecule has 17 heavy (non-hydrogen) atoms. The van der Waals surface area contributed by atoms with Gasteiger partial charge in [-0.2, -0.15) is 0 Å².